The lowest BCUT2D eigenvalue weighted by Gasteiger charge is -2.12. The van der Waals surface area contributed by atoms with Crippen LogP contribution in [-0.4, -0.2) is 13.1 Å². The molecule has 0 spiro atoms. The van der Waals surface area contributed by atoms with Gasteiger partial charge in [-0.3, -0.25) is 0 Å². The first kappa shape index (κ1) is 4.50. The van der Waals surface area contributed by atoms with Gasteiger partial charge in [-0.05, 0) is 6.92 Å². The smallest absolute Gasteiger partial charge is 0.0317 e. The summed E-state index contributed by atoms with van der Waals surface area (Å²) in [5, 5.41) is 6.29. The van der Waals surface area contributed by atoms with Gasteiger partial charge in [-0.1, -0.05) is 0 Å². The Labute approximate surface area is 43.6 Å². The van der Waals surface area contributed by atoms with E-state index in [-0.39, 0.29) is 0 Å². The number of hydrogen-bond acceptors (Lipinski definition) is 2. The summed E-state index contributed by atoms with van der Waals surface area (Å²) in [6, 6.07) is 0. The molecule has 2 N–H and O–H groups in total. The van der Waals surface area contributed by atoms with Crippen LogP contribution in [0.1, 0.15) is 6.92 Å². The van der Waals surface area contributed by atoms with Gasteiger partial charge in [0.15, 0.2) is 0 Å². The second-order valence-electron chi connectivity index (χ2n) is 1.71. The first-order chi connectivity index (χ1) is 3.39. The number of hydrogen-bond donors (Lipinski definition) is 2. The summed E-state index contributed by atoms with van der Waals surface area (Å²) in [6.07, 6.45) is 1.99. The normalized spacial score (nSPS) is 19.3. The molecular formula is C5H10N2. The molecular weight excluding hydrogens is 88.1 g/mol. The number of allylic oxidation sites excluding steroid dienone is 1. The second-order valence-corrected chi connectivity index (χ2v) is 1.71. The van der Waals surface area contributed by atoms with Gasteiger partial charge in [-0.25, -0.2) is 0 Å². The van der Waals surface area contributed by atoms with E-state index in [1.807, 2.05) is 13.1 Å². The molecule has 0 aromatic rings. The zero-order valence-electron chi connectivity index (χ0n) is 4.49. The minimum Gasteiger partial charge on any atom is -0.388 e. The summed E-state index contributed by atoms with van der Waals surface area (Å²) < 4.78 is 0. The lowest BCUT2D eigenvalue weighted by Crippen LogP contribution is -2.29. The van der Waals surface area contributed by atoms with Gasteiger partial charge in [0.2, 0.25) is 0 Å². The molecule has 2 heteroatoms. The van der Waals surface area contributed by atoms with Crippen LogP contribution in [0.2, 0.25) is 0 Å². The predicted molar refractivity (Wildman–Crippen MR) is 29.8 cm³/mol. The molecule has 1 aliphatic heterocycles. The van der Waals surface area contributed by atoms with Gasteiger partial charge in [0, 0.05) is 25.0 Å². The highest BCUT2D eigenvalue weighted by Crippen LogP contribution is 1.84. The summed E-state index contributed by atoms with van der Waals surface area (Å²) in [6.45, 7) is 4.16. The minimum absolute atomic E-state index is 1.05. The average molecular weight is 98.1 g/mol. The average Bonchev–Trinajstić information content (AvgIpc) is 1.69. The quantitative estimate of drug-likeness (QED) is 0.447. The molecule has 7 heavy (non-hydrogen) atoms. The summed E-state index contributed by atoms with van der Waals surface area (Å²) in [7, 11) is 0. The predicted octanol–water partition coefficient (Wildman–Crippen LogP) is 0.0405. The Morgan fingerprint density at radius 3 is 2.71 bits per heavy atom. The van der Waals surface area contributed by atoms with Crippen LogP contribution in [0, 0.1) is 0 Å². The van der Waals surface area contributed by atoms with Crippen LogP contribution in [0.4, 0.5) is 0 Å². The molecule has 0 aliphatic carbocycles. The molecule has 0 aromatic heterocycles. The lowest BCUT2D eigenvalue weighted by atomic mass is 10.4. The van der Waals surface area contributed by atoms with Crippen LogP contribution in [0.3, 0.4) is 0 Å². The van der Waals surface area contributed by atoms with E-state index < -0.39 is 0 Å². The third kappa shape index (κ3) is 1.11. The fraction of sp³-hybridized carbons (Fsp3) is 0.600. The largest absolute Gasteiger partial charge is 0.388 e. The molecule has 1 heterocycles. The molecule has 0 saturated heterocycles. The Kier molecular flexibility index (Phi) is 1.20. The Morgan fingerprint density at radius 1 is 1.57 bits per heavy atom. The van der Waals surface area contributed by atoms with E-state index in [1.54, 1.807) is 0 Å². The van der Waals surface area contributed by atoms with Crippen molar-refractivity contribution in [1.82, 2.24) is 10.6 Å². The maximum atomic E-state index is 3.18. The maximum Gasteiger partial charge on any atom is 0.0317 e. The SMILES string of the molecule is CC1=CNCCN1. The Bertz CT molecular complexity index is 86.1. The third-order valence-corrected chi connectivity index (χ3v) is 0.992. The Morgan fingerprint density at radius 2 is 2.43 bits per heavy atom. The van der Waals surface area contributed by atoms with Gasteiger partial charge >= 0.3 is 0 Å². The van der Waals surface area contributed by atoms with Gasteiger partial charge < -0.3 is 10.6 Å². The highest BCUT2D eigenvalue weighted by molar-refractivity contribution is 4.96. The van der Waals surface area contributed by atoms with Crippen molar-refractivity contribution in [1.29, 1.82) is 0 Å². The van der Waals surface area contributed by atoms with Crippen molar-refractivity contribution in [3.05, 3.63) is 11.9 Å². The molecule has 0 atom stereocenters. The van der Waals surface area contributed by atoms with Crippen molar-refractivity contribution in [3.63, 3.8) is 0 Å². The van der Waals surface area contributed by atoms with Crippen molar-refractivity contribution in [2.45, 2.75) is 6.92 Å². The molecule has 0 unspecified atom stereocenters. The zero-order chi connectivity index (χ0) is 5.11. The van der Waals surface area contributed by atoms with Crippen molar-refractivity contribution >= 4 is 0 Å². The molecule has 0 radical (unpaired) electrons. The zero-order valence-corrected chi connectivity index (χ0v) is 4.49. The summed E-state index contributed by atoms with van der Waals surface area (Å²) in [5.41, 5.74) is 1.23. The summed E-state index contributed by atoms with van der Waals surface area (Å²) in [4.78, 5) is 0. The van der Waals surface area contributed by atoms with E-state index in [0.717, 1.165) is 13.1 Å². The van der Waals surface area contributed by atoms with Crippen molar-refractivity contribution in [3.8, 4) is 0 Å². The molecule has 40 valence electrons. The minimum atomic E-state index is 1.05. The van der Waals surface area contributed by atoms with Crippen molar-refractivity contribution in [2.75, 3.05) is 13.1 Å². The highest BCUT2D eigenvalue weighted by atomic mass is 15.0. The summed E-state index contributed by atoms with van der Waals surface area (Å²) >= 11 is 0. The maximum absolute atomic E-state index is 3.18. The number of rotatable bonds is 0. The van der Waals surface area contributed by atoms with Gasteiger partial charge in [0.1, 0.15) is 0 Å². The van der Waals surface area contributed by atoms with E-state index >= 15 is 0 Å². The van der Waals surface area contributed by atoms with E-state index in [0.29, 0.717) is 0 Å². The van der Waals surface area contributed by atoms with Gasteiger partial charge in [-0.2, -0.15) is 0 Å². The standard InChI is InChI=1S/C5H10N2/c1-5-4-6-2-3-7-5/h4,6-7H,2-3H2,1H3. The first-order valence-electron chi connectivity index (χ1n) is 2.53. The van der Waals surface area contributed by atoms with Crippen molar-refractivity contribution < 1.29 is 0 Å². The lowest BCUT2D eigenvalue weighted by molar-refractivity contribution is 0.686. The van der Waals surface area contributed by atoms with Crippen LogP contribution < -0.4 is 10.6 Å². The molecule has 0 aromatic carbocycles. The van der Waals surface area contributed by atoms with E-state index in [9.17, 15) is 0 Å². The highest BCUT2D eigenvalue weighted by Gasteiger charge is 1.91. The molecule has 1 aliphatic rings. The fourth-order valence-corrected chi connectivity index (χ4v) is 0.608. The molecule has 0 fully saturated rings. The monoisotopic (exact) mass is 98.1 g/mol. The van der Waals surface area contributed by atoms with Gasteiger partial charge in [0.05, 0.1) is 0 Å². The van der Waals surface area contributed by atoms with E-state index in [2.05, 4.69) is 10.6 Å². The van der Waals surface area contributed by atoms with Crippen molar-refractivity contribution in [2.24, 2.45) is 0 Å². The molecule has 1 rings (SSSR count). The molecule has 0 amide bonds. The molecule has 2 nitrogen and oxygen atoms in total. The third-order valence-electron chi connectivity index (χ3n) is 0.992. The van der Waals surface area contributed by atoms with E-state index in [1.165, 1.54) is 5.70 Å². The van der Waals surface area contributed by atoms with E-state index in [4.69, 9.17) is 0 Å². The second kappa shape index (κ2) is 1.87. The first-order valence-corrected chi connectivity index (χ1v) is 2.53. The Balaban J connectivity index is 2.40. The topological polar surface area (TPSA) is 24.1 Å². The van der Waals surface area contributed by atoms with Crippen LogP contribution in [0.25, 0.3) is 0 Å². The van der Waals surface area contributed by atoms with Crippen LogP contribution in [0.5, 0.6) is 0 Å². The van der Waals surface area contributed by atoms with Crippen LogP contribution in [0.15, 0.2) is 11.9 Å². The van der Waals surface area contributed by atoms with Crippen LogP contribution in [-0.2, 0) is 0 Å². The number of nitrogens with one attached hydrogen (secondary N) is 2. The molecule has 0 saturated carbocycles. The summed E-state index contributed by atoms with van der Waals surface area (Å²) in [5.74, 6) is 0. The van der Waals surface area contributed by atoms with Gasteiger partial charge in [-0.15, -0.1) is 0 Å². The Hall–Kier alpha value is -0.660. The van der Waals surface area contributed by atoms with Crippen LogP contribution >= 0.6 is 0 Å². The molecule has 0 bridgehead atoms. The fourth-order valence-electron chi connectivity index (χ4n) is 0.608. The van der Waals surface area contributed by atoms with Gasteiger partial charge in [0.25, 0.3) is 0 Å².